The van der Waals surface area contributed by atoms with Crippen molar-refractivity contribution in [3.8, 4) is 0 Å². The van der Waals surface area contributed by atoms with E-state index in [0.29, 0.717) is 18.2 Å². The van der Waals surface area contributed by atoms with Crippen molar-refractivity contribution in [2.45, 2.75) is 40.4 Å². The van der Waals surface area contributed by atoms with Crippen molar-refractivity contribution in [1.82, 2.24) is 24.9 Å². The summed E-state index contributed by atoms with van der Waals surface area (Å²) < 4.78 is 16.8. The van der Waals surface area contributed by atoms with Crippen LogP contribution in [0, 0.1) is 19.7 Å². The van der Waals surface area contributed by atoms with Gasteiger partial charge in [0.05, 0.1) is 29.8 Å². The van der Waals surface area contributed by atoms with Gasteiger partial charge in [0.2, 0.25) is 0 Å². The lowest BCUT2D eigenvalue weighted by Gasteiger charge is -2.10. The Hall–Kier alpha value is -2.74. The molecule has 0 atom stereocenters. The standard InChI is InChI=1S/C19H23FN6S/c1-4-25-11-16(10-22-25)9-21-19(27)23-18-13(2)24-26(14(18)3)12-15-5-7-17(20)8-6-15/h5-8,10-11H,4,9,12H2,1-3H3,(H2,21,23,27). The number of aromatic nitrogens is 4. The van der Waals surface area contributed by atoms with Gasteiger partial charge in [0.15, 0.2) is 5.11 Å². The smallest absolute Gasteiger partial charge is 0.171 e. The lowest BCUT2D eigenvalue weighted by molar-refractivity contribution is 0.622. The first-order valence-electron chi connectivity index (χ1n) is 8.81. The van der Waals surface area contributed by atoms with Gasteiger partial charge in [0, 0.05) is 24.8 Å². The average molecular weight is 387 g/mol. The van der Waals surface area contributed by atoms with Gasteiger partial charge in [-0.05, 0) is 50.7 Å². The SMILES string of the molecule is CCn1cc(CNC(=S)Nc2c(C)nn(Cc3ccc(F)cc3)c2C)cn1. The molecule has 0 fully saturated rings. The minimum atomic E-state index is -0.240. The zero-order valence-corrected chi connectivity index (χ0v) is 16.5. The van der Waals surface area contributed by atoms with E-state index in [-0.39, 0.29) is 5.82 Å². The summed E-state index contributed by atoms with van der Waals surface area (Å²) >= 11 is 5.41. The second-order valence-electron chi connectivity index (χ2n) is 6.34. The van der Waals surface area contributed by atoms with Gasteiger partial charge in [-0.1, -0.05) is 12.1 Å². The zero-order chi connectivity index (χ0) is 19.4. The number of hydrogen-bond donors (Lipinski definition) is 2. The maximum Gasteiger partial charge on any atom is 0.171 e. The molecular formula is C19H23FN6S. The van der Waals surface area contributed by atoms with Crippen LogP contribution in [0.15, 0.2) is 36.7 Å². The van der Waals surface area contributed by atoms with Crippen LogP contribution in [0.4, 0.5) is 10.1 Å². The molecule has 0 spiro atoms. The van der Waals surface area contributed by atoms with E-state index in [0.717, 1.165) is 34.7 Å². The van der Waals surface area contributed by atoms with Crippen LogP contribution >= 0.6 is 12.2 Å². The first-order valence-corrected chi connectivity index (χ1v) is 9.21. The van der Waals surface area contributed by atoms with Gasteiger partial charge >= 0.3 is 0 Å². The molecule has 0 unspecified atom stereocenters. The minimum Gasteiger partial charge on any atom is -0.358 e. The highest BCUT2D eigenvalue weighted by molar-refractivity contribution is 7.80. The highest BCUT2D eigenvalue weighted by Gasteiger charge is 2.13. The van der Waals surface area contributed by atoms with E-state index in [2.05, 4.69) is 20.8 Å². The van der Waals surface area contributed by atoms with Crippen LogP contribution in [0.2, 0.25) is 0 Å². The van der Waals surface area contributed by atoms with Crippen molar-refractivity contribution in [3.63, 3.8) is 0 Å². The molecule has 2 heterocycles. The summed E-state index contributed by atoms with van der Waals surface area (Å²) in [6.45, 7) is 7.99. The normalized spacial score (nSPS) is 10.8. The number of hydrogen-bond acceptors (Lipinski definition) is 3. The molecule has 8 heteroatoms. The van der Waals surface area contributed by atoms with Crippen molar-refractivity contribution >= 4 is 23.0 Å². The van der Waals surface area contributed by atoms with Crippen LogP contribution in [0.1, 0.15) is 29.4 Å². The van der Waals surface area contributed by atoms with E-state index < -0.39 is 0 Å². The van der Waals surface area contributed by atoms with Crippen LogP contribution in [0.3, 0.4) is 0 Å². The molecule has 2 N–H and O–H groups in total. The maximum atomic E-state index is 13.1. The van der Waals surface area contributed by atoms with Crippen LogP contribution in [0.25, 0.3) is 0 Å². The Bertz CT molecular complexity index is 928. The van der Waals surface area contributed by atoms with Gasteiger partial charge in [-0.3, -0.25) is 9.36 Å². The van der Waals surface area contributed by atoms with Crippen LogP contribution < -0.4 is 10.6 Å². The summed E-state index contributed by atoms with van der Waals surface area (Å²) in [5, 5.41) is 15.8. The Balaban J connectivity index is 1.63. The molecule has 27 heavy (non-hydrogen) atoms. The van der Waals surface area contributed by atoms with Crippen molar-refractivity contribution in [2.75, 3.05) is 5.32 Å². The molecule has 0 saturated heterocycles. The molecule has 1 aromatic carbocycles. The minimum absolute atomic E-state index is 0.240. The fraction of sp³-hybridized carbons (Fsp3) is 0.316. The number of nitrogens with one attached hydrogen (secondary N) is 2. The second-order valence-corrected chi connectivity index (χ2v) is 6.75. The van der Waals surface area contributed by atoms with E-state index in [1.165, 1.54) is 12.1 Å². The van der Waals surface area contributed by atoms with Crippen molar-refractivity contribution in [3.05, 3.63) is 65.0 Å². The summed E-state index contributed by atoms with van der Waals surface area (Å²) in [6.07, 6.45) is 3.82. The average Bonchev–Trinajstić information content (AvgIpc) is 3.22. The molecule has 6 nitrogen and oxygen atoms in total. The molecule has 0 amide bonds. The van der Waals surface area contributed by atoms with Gasteiger partial charge < -0.3 is 10.6 Å². The number of rotatable bonds is 6. The summed E-state index contributed by atoms with van der Waals surface area (Å²) in [6, 6.07) is 6.45. The van der Waals surface area contributed by atoms with E-state index >= 15 is 0 Å². The predicted molar refractivity (Wildman–Crippen MR) is 108 cm³/mol. The molecule has 0 saturated carbocycles. The predicted octanol–water partition coefficient (Wildman–Crippen LogP) is 3.39. The van der Waals surface area contributed by atoms with Crippen LogP contribution in [-0.4, -0.2) is 24.7 Å². The third-order valence-electron chi connectivity index (χ3n) is 4.33. The van der Waals surface area contributed by atoms with Crippen LogP contribution in [-0.2, 0) is 19.6 Å². The lowest BCUT2D eigenvalue weighted by atomic mass is 10.2. The van der Waals surface area contributed by atoms with E-state index in [4.69, 9.17) is 12.2 Å². The monoisotopic (exact) mass is 386 g/mol. The second kappa shape index (κ2) is 8.30. The molecule has 3 aromatic rings. The summed E-state index contributed by atoms with van der Waals surface area (Å²) in [5.41, 5.74) is 4.78. The van der Waals surface area contributed by atoms with E-state index in [1.54, 1.807) is 12.1 Å². The Kier molecular flexibility index (Phi) is 5.85. The van der Waals surface area contributed by atoms with Gasteiger partial charge in [-0.15, -0.1) is 0 Å². The molecule has 0 aliphatic rings. The molecule has 0 radical (unpaired) electrons. The van der Waals surface area contributed by atoms with Gasteiger partial charge in [0.1, 0.15) is 5.82 Å². The molecule has 3 rings (SSSR count). The molecule has 0 aliphatic heterocycles. The number of nitrogens with zero attached hydrogens (tertiary/aromatic N) is 4. The summed E-state index contributed by atoms with van der Waals surface area (Å²) in [7, 11) is 0. The van der Waals surface area contributed by atoms with Crippen LogP contribution in [0.5, 0.6) is 0 Å². The highest BCUT2D eigenvalue weighted by Crippen LogP contribution is 2.20. The van der Waals surface area contributed by atoms with Crippen molar-refractivity contribution < 1.29 is 4.39 Å². The topological polar surface area (TPSA) is 59.7 Å². The Morgan fingerprint density at radius 2 is 1.93 bits per heavy atom. The fourth-order valence-corrected chi connectivity index (χ4v) is 2.98. The molecule has 142 valence electrons. The largest absolute Gasteiger partial charge is 0.358 e. The van der Waals surface area contributed by atoms with Gasteiger partial charge in [0.25, 0.3) is 0 Å². The first kappa shape index (κ1) is 19.0. The maximum absolute atomic E-state index is 13.1. The molecule has 0 aliphatic carbocycles. The number of aryl methyl sites for hydroxylation is 2. The van der Waals surface area contributed by atoms with E-state index in [9.17, 15) is 4.39 Å². The fourth-order valence-electron chi connectivity index (χ4n) is 2.81. The quantitative estimate of drug-likeness (QED) is 0.636. The molecular weight excluding hydrogens is 363 g/mol. The Morgan fingerprint density at radius 3 is 2.59 bits per heavy atom. The molecule has 2 aromatic heterocycles. The first-order chi connectivity index (χ1) is 13.0. The number of benzene rings is 1. The van der Waals surface area contributed by atoms with Gasteiger partial charge in [-0.2, -0.15) is 10.2 Å². The third kappa shape index (κ3) is 4.71. The number of thiocarbonyl (C=S) groups is 1. The van der Waals surface area contributed by atoms with Crippen molar-refractivity contribution in [1.29, 1.82) is 0 Å². The Morgan fingerprint density at radius 1 is 1.19 bits per heavy atom. The number of halogens is 1. The Labute approximate surface area is 163 Å². The summed E-state index contributed by atoms with van der Waals surface area (Å²) in [5.74, 6) is -0.240. The molecule has 0 bridgehead atoms. The summed E-state index contributed by atoms with van der Waals surface area (Å²) in [4.78, 5) is 0. The van der Waals surface area contributed by atoms with Gasteiger partial charge in [-0.25, -0.2) is 4.39 Å². The third-order valence-corrected chi connectivity index (χ3v) is 4.58. The van der Waals surface area contributed by atoms with Crippen molar-refractivity contribution in [2.24, 2.45) is 0 Å². The van der Waals surface area contributed by atoms with E-state index in [1.807, 2.05) is 42.5 Å². The highest BCUT2D eigenvalue weighted by atomic mass is 32.1. The zero-order valence-electron chi connectivity index (χ0n) is 15.7. The number of anilines is 1. The lowest BCUT2D eigenvalue weighted by Crippen LogP contribution is -2.28.